The van der Waals surface area contributed by atoms with Gasteiger partial charge in [-0.1, -0.05) is 18.2 Å². The molecule has 86 valence electrons. The third kappa shape index (κ3) is 1.95. The number of aryl methyl sites for hydroxylation is 1. The summed E-state index contributed by atoms with van der Waals surface area (Å²) in [5, 5.41) is 3.07. The highest BCUT2D eigenvalue weighted by atomic mass is 16.1. The smallest absolute Gasteiger partial charge is 0.252 e. The molecule has 1 fully saturated rings. The van der Waals surface area contributed by atoms with Crippen molar-refractivity contribution >= 4 is 5.91 Å². The molecule has 1 aromatic carbocycles. The molecule has 0 atom stereocenters. The highest BCUT2D eigenvalue weighted by Crippen LogP contribution is 2.31. The summed E-state index contributed by atoms with van der Waals surface area (Å²) in [6.07, 6.45) is 3.16. The van der Waals surface area contributed by atoms with Gasteiger partial charge in [0.05, 0.1) is 5.54 Å². The molecule has 1 aliphatic rings. The fourth-order valence-corrected chi connectivity index (χ4v) is 2.12. The van der Waals surface area contributed by atoms with Gasteiger partial charge in [-0.3, -0.25) is 4.79 Å². The van der Waals surface area contributed by atoms with E-state index in [1.54, 1.807) is 0 Å². The van der Waals surface area contributed by atoms with Crippen molar-refractivity contribution in [1.82, 2.24) is 5.32 Å². The molecule has 3 nitrogen and oxygen atoms in total. The van der Waals surface area contributed by atoms with E-state index in [9.17, 15) is 4.79 Å². The SMILES string of the molecule is Cc1ccccc1C(=O)NC1(CN)CCC1. The molecular weight excluding hydrogens is 200 g/mol. The number of nitrogens with one attached hydrogen (secondary N) is 1. The number of benzene rings is 1. The number of rotatable bonds is 3. The maximum absolute atomic E-state index is 12.1. The second-order valence-corrected chi connectivity index (χ2v) is 4.61. The van der Waals surface area contributed by atoms with Crippen LogP contribution in [0.3, 0.4) is 0 Å². The quantitative estimate of drug-likeness (QED) is 0.809. The molecule has 1 amide bonds. The Morgan fingerprint density at radius 2 is 2.12 bits per heavy atom. The van der Waals surface area contributed by atoms with Gasteiger partial charge in [-0.15, -0.1) is 0 Å². The largest absolute Gasteiger partial charge is 0.345 e. The summed E-state index contributed by atoms with van der Waals surface area (Å²) in [6, 6.07) is 7.63. The van der Waals surface area contributed by atoms with Gasteiger partial charge in [-0.2, -0.15) is 0 Å². The molecule has 1 aromatic rings. The van der Waals surface area contributed by atoms with Crippen LogP contribution in [0.5, 0.6) is 0 Å². The first-order valence-electron chi connectivity index (χ1n) is 5.75. The topological polar surface area (TPSA) is 55.1 Å². The second kappa shape index (κ2) is 4.26. The van der Waals surface area contributed by atoms with Crippen LogP contribution in [-0.2, 0) is 0 Å². The van der Waals surface area contributed by atoms with Crippen molar-refractivity contribution in [1.29, 1.82) is 0 Å². The van der Waals surface area contributed by atoms with Gasteiger partial charge in [0.15, 0.2) is 0 Å². The van der Waals surface area contributed by atoms with Gasteiger partial charge in [-0.05, 0) is 37.8 Å². The van der Waals surface area contributed by atoms with Crippen molar-refractivity contribution in [3.8, 4) is 0 Å². The van der Waals surface area contributed by atoms with Crippen LogP contribution in [0.2, 0.25) is 0 Å². The number of nitrogens with two attached hydrogens (primary N) is 1. The normalized spacial score (nSPS) is 17.6. The number of carbonyl (C=O) groups is 1. The Kier molecular flexibility index (Phi) is 2.97. The molecule has 0 bridgehead atoms. The summed E-state index contributed by atoms with van der Waals surface area (Å²) in [5.74, 6) is 0.00301. The van der Waals surface area contributed by atoms with E-state index in [0.717, 1.165) is 30.4 Å². The third-order valence-electron chi connectivity index (χ3n) is 3.47. The summed E-state index contributed by atoms with van der Waals surface area (Å²) < 4.78 is 0. The highest BCUT2D eigenvalue weighted by Gasteiger charge is 2.37. The number of hydrogen-bond acceptors (Lipinski definition) is 2. The van der Waals surface area contributed by atoms with Crippen LogP contribution >= 0.6 is 0 Å². The lowest BCUT2D eigenvalue weighted by Crippen LogP contribution is -2.58. The second-order valence-electron chi connectivity index (χ2n) is 4.61. The van der Waals surface area contributed by atoms with E-state index in [2.05, 4.69) is 5.32 Å². The van der Waals surface area contributed by atoms with Gasteiger partial charge >= 0.3 is 0 Å². The molecule has 0 aromatic heterocycles. The Bertz CT molecular complexity index is 391. The lowest BCUT2D eigenvalue weighted by Gasteiger charge is -2.41. The van der Waals surface area contributed by atoms with Crippen LogP contribution in [0.25, 0.3) is 0 Å². The molecule has 0 spiro atoms. The lowest BCUT2D eigenvalue weighted by atomic mass is 9.76. The van der Waals surface area contributed by atoms with Gasteiger partial charge in [0, 0.05) is 12.1 Å². The lowest BCUT2D eigenvalue weighted by molar-refractivity contribution is 0.0837. The van der Waals surface area contributed by atoms with Crippen molar-refractivity contribution < 1.29 is 4.79 Å². The minimum Gasteiger partial charge on any atom is -0.345 e. The summed E-state index contributed by atoms with van der Waals surface area (Å²) in [5.41, 5.74) is 7.34. The molecule has 1 saturated carbocycles. The zero-order chi connectivity index (χ0) is 11.6. The Labute approximate surface area is 96.0 Å². The molecule has 0 unspecified atom stereocenters. The Hall–Kier alpha value is -1.35. The van der Waals surface area contributed by atoms with E-state index in [-0.39, 0.29) is 11.4 Å². The van der Waals surface area contributed by atoms with Crippen molar-refractivity contribution in [2.24, 2.45) is 5.73 Å². The first-order chi connectivity index (χ1) is 7.67. The van der Waals surface area contributed by atoms with Crippen LogP contribution in [0.4, 0.5) is 0 Å². The van der Waals surface area contributed by atoms with E-state index in [0.29, 0.717) is 6.54 Å². The number of carbonyl (C=O) groups excluding carboxylic acids is 1. The molecule has 0 heterocycles. The molecule has 0 saturated heterocycles. The Morgan fingerprint density at radius 3 is 2.62 bits per heavy atom. The fraction of sp³-hybridized carbons (Fsp3) is 0.462. The minimum absolute atomic E-state index is 0.00301. The van der Waals surface area contributed by atoms with Gasteiger partial charge in [0.1, 0.15) is 0 Å². The first-order valence-corrected chi connectivity index (χ1v) is 5.75. The summed E-state index contributed by atoms with van der Waals surface area (Å²) in [7, 11) is 0. The van der Waals surface area contributed by atoms with Crippen LogP contribution in [0.1, 0.15) is 35.2 Å². The van der Waals surface area contributed by atoms with Gasteiger partial charge < -0.3 is 11.1 Å². The Morgan fingerprint density at radius 1 is 1.44 bits per heavy atom. The molecule has 0 aliphatic heterocycles. The van der Waals surface area contributed by atoms with Crippen LogP contribution in [0.15, 0.2) is 24.3 Å². The van der Waals surface area contributed by atoms with Crippen LogP contribution < -0.4 is 11.1 Å². The summed E-state index contributed by atoms with van der Waals surface area (Å²) >= 11 is 0. The van der Waals surface area contributed by atoms with Crippen molar-refractivity contribution in [2.45, 2.75) is 31.7 Å². The van der Waals surface area contributed by atoms with Gasteiger partial charge in [0.25, 0.3) is 5.91 Å². The van der Waals surface area contributed by atoms with Crippen molar-refractivity contribution in [3.63, 3.8) is 0 Å². The molecule has 3 N–H and O–H groups in total. The number of hydrogen-bond donors (Lipinski definition) is 2. The maximum Gasteiger partial charge on any atom is 0.252 e. The molecule has 16 heavy (non-hydrogen) atoms. The van der Waals surface area contributed by atoms with Crippen LogP contribution in [-0.4, -0.2) is 18.0 Å². The highest BCUT2D eigenvalue weighted by molar-refractivity contribution is 5.96. The standard InChI is InChI=1S/C13H18N2O/c1-10-5-2-3-6-11(10)12(16)15-13(9-14)7-4-8-13/h2-3,5-6H,4,7-9,14H2,1H3,(H,15,16). The minimum atomic E-state index is -0.140. The monoisotopic (exact) mass is 218 g/mol. The molecule has 2 rings (SSSR count). The summed E-state index contributed by atoms with van der Waals surface area (Å²) in [4.78, 5) is 12.1. The first kappa shape index (κ1) is 11.1. The van der Waals surface area contributed by atoms with Crippen molar-refractivity contribution in [2.75, 3.05) is 6.54 Å². The summed E-state index contributed by atoms with van der Waals surface area (Å²) in [6.45, 7) is 2.48. The number of amides is 1. The van der Waals surface area contributed by atoms with E-state index in [4.69, 9.17) is 5.73 Å². The van der Waals surface area contributed by atoms with Crippen molar-refractivity contribution in [3.05, 3.63) is 35.4 Å². The third-order valence-corrected chi connectivity index (χ3v) is 3.47. The molecule has 1 aliphatic carbocycles. The Balaban J connectivity index is 2.11. The maximum atomic E-state index is 12.1. The molecular formula is C13H18N2O. The average molecular weight is 218 g/mol. The molecule has 0 radical (unpaired) electrons. The van der Waals surface area contributed by atoms with Gasteiger partial charge in [-0.25, -0.2) is 0 Å². The average Bonchev–Trinajstić information content (AvgIpc) is 2.24. The van der Waals surface area contributed by atoms with Gasteiger partial charge in [0.2, 0.25) is 0 Å². The van der Waals surface area contributed by atoms with E-state index in [1.807, 2.05) is 31.2 Å². The predicted octanol–water partition coefficient (Wildman–Crippen LogP) is 1.61. The zero-order valence-electron chi connectivity index (χ0n) is 9.62. The van der Waals surface area contributed by atoms with E-state index < -0.39 is 0 Å². The fourth-order valence-electron chi connectivity index (χ4n) is 2.12. The van der Waals surface area contributed by atoms with Crippen LogP contribution in [0, 0.1) is 6.92 Å². The predicted molar refractivity (Wildman–Crippen MR) is 64.3 cm³/mol. The molecule has 3 heteroatoms. The van der Waals surface area contributed by atoms with E-state index >= 15 is 0 Å². The van der Waals surface area contributed by atoms with E-state index in [1.165, 1.54) is 0 Å². The zero-order valence-corrected chi connectivity index (χ0v) is 9.62.